The van der Waals surface area contributed by atoms with Gasteiger partial charge < -0.3 is 9.64 Å². The van der Waals surface area contributed by atoms with Gasteiger partial charge in [0.2, 0.25) is 5.91 Å². The zero-order valence-electron chi connectivity index (χ0n) is 12.4. The lowest BCUT2D eigenvalue weighted by Crippen LogP contribution is -2.35. The second kappa shape index (κ2) is 6.92. The summed E-state index contributed by atoms with van der Waals surface area (Å²) in [5, 5.41) is 3.15. The van der Waals surface area contributed by atoms with Crippen molar-refractivity contribution in [1.82, 2.24) is 4.90 Å². The quantitative estimate of drug-likeness (QED) is 0.813. The molecule has 0 radical (unpaired) electrons. The van der Waals surface area contributed by atoms with Gasteiger partial charge in [-0.3, -0.25) is 9.59 Å². The maximum absolute atomic E-state index is 12.0. The van der Waals surface area contributed by atoms with Crippen molar-refractivity contribution in [2.45, 2.75) is 32.3 Å². The number of benzene rings is 1. The van der Waals surface area contributed by atoms with Gasteiger partial charge in [-0.25, -0.2) is 0 Å². The highest BCUT2D eigenvalue weighted by Gasteiger charge is 2.20. The number of ether oxygens (including phenoxy) is 1. The first-order valence-electron chi connectivity index (χ1n) is 7.62. The number of thiophene rings is 1. The minimum Gasteiger partial charge on any atom is -0.459 e. The molecule has 1 aliphatic heterocycles. The van der Waals surface area contributed by atoms with Gasteiger partial charge in [0.05, 0.1) is 0 Å². The van der Waals surface area contributed by atoms with Crippen molar-refractivity contribution >= 4 is 33.3 Å². The second-order valence-corrected chi connectivity index (χ2v) is 6.45. The molecule has 0 aliphatic carbocycles. The highest BCUT2D eigenvalue weighted by Crippen LogP contribution is 2.26. The van der Waals surface area contributed by atoms with Crippen LogP contribution in [0.1, 0.15) is 31.2 Å². The van der Waals surface area contributed by atoms with E-state index in [-0.39, 0.29) is 25.0 Å². The summed E-state index contributed by atoms with van der Waals surface area (Å²) in [7, 11) is 0. The lowest BCUT2D eigenvalue weighted by Gasteiger charge is -2.19. The monoisotopic (exact) mass is 317 g/mol. The van der Waals surface area contributed by atoms with Crippen molar-refractivity contribution < 1.29 is 14.3 Å². The maximum Gasteiger partial charge on any atom is 0.325 e. The Hall–Kier alpha value is -1.88. The Morgan fingerprint density at radius 3 is 3.00 bits per heavy atom. The summed E-state index contributed by atoms with van der Waals surface area (Å²) in [6.07, 6.45) is 3.49. The van der Waals surface area contributed by atoms with Crippen LogP contribution in [0.2, 0.25) is 0 Å². The summed E-state index contributed by atoms with van der Waals surface area (Å²) in [5.41, 5.74) is 1.02. The van der Waals surface area contributed by atoms with Crippen LogP contribution >= 0.6 is 11.3 Å². The van der Waals surface area contributed by atoms with Gasteiger partial charge in [-0.15, -0.1) is 11.3 Å². The summed E-state index contributed by atoms with van der Waals surface area (Å²) in [6, 6.07) is 8.07. The van der Waals surface area contributed by atoms with Gasteiger partial charge in [-0.05, 0) is 29.7 Å². The van der Waals surface area contributed by atoms with Crippen LogP contribution in [0.25, 0.3) is 10.1 Å². The van der Waals surface area contributed by atoms with Crippen molar-refractivity contribution in [3.05, 3.63) is 35.2 Å². The molecule has 2 heterocycles. The van der Waals surface area contributed by atoms with E-state index in [2.05, 4.69) is 6.07 Å². The number of hydrogen-bond acceptors (Lipinski definition) is 4. The van der Waals surface area contributed by atoms with Crippen LogP contribution in [-0.4, -0.2) is 29.9 Å². The lowest BCUT2D eigenvalue weighted by atomic mass is 10.2. The number of fused-ring (bicyclic) bond motifs is 1. The molecule has 1 aromatic carbocycles. The molecule has 2 aromatic rings. The summed E-state index contributed by atoms with van der Waals surface area (Å²) in [6.45, 7) is 1.00. The number of carbonyl (C=O) groups excluding carboxylic acids is 2. The third-order valence-corrected chi connectivity index (χ3v) is 4.95. The van der Waals surface area contributed by atoms with Crippen LogP contribution in [0.4, 0.5) is 0 Å². The van der Waals surface area contributed by atoms with Crippen LogP contribution in [0.15, 0.2) is 29.6 Å². The average molecular weight is 317 g/mol. The largest absolute Gasteiger partial charge is 0.459 e. The van der Waals surface area contributed by atoms with E-state index in [0.717, 1.165) is 30.2 Å². The van der Waals surface area contributed by atoms with Crippen LogP contribution < -0.4 is 0 Å². The number of hydrogen-bond donors (Lipinski definition) is 0. The van der Waals surface area contributed by atoms with Crippen molar-refractivity contribution in [1.29, 1.82) is 0 Å². The first-order valence-corrected chi connectivity index (χ1v) is 8.50. The van der Waals surface area contributed by atoms with Gasteiger partial charge in [-0.2, -0.15) is 0 Å². The van der Waals surface area contributed by atoms with Gasteiger partial charge in [0.25, 0.3) is 0 Å². The second-order valence-electron chi connectivity index (χ2n) is 5.54. The van der Waals surface area contributed by atoms with Crippen molar-refractivity contribution in [2.75, 3.05) is 13.1 Å². The molecular weight excluding hydrogens is 298 g/mol. The molecule has 1 aliphatic rings. The fourth-order valence-electron chi connectivity index (χ4n) is 2.71. The van der Waals surface area contributed by atoms with Crippen LogP contribution in [-0.2, 0) is 20.9 Å². The minimum absolute atomic E-state index is 0.0652. The predicted octanol–water partition coefficient (Wildman–Crippen LogP) is 3.35. The third kappa shape index (κ3) is 3.47. The fraction of sp³-hybridized carbons (Fsp3) is 0.412. The Morgan fingerprint density at radius 1 is 1.23 bits per heavy atom. The van der Waals surface area contributed by atoms with Gasteiger partial charge >= 0.3 is 5.97 Å². The van der Waals surface area contributed by atoms with Crippen molar-refractivity contribution in [3.63, 3.8) is 0 Å². The number of carbonyl (C=O) groups is 2. The van der Waals surface area contributed by atoms with Gasteiger partial charge in [0, 0.05) is 23.2 Å². The molecule has 0 saturated carbocycles. The fourth-order valence-corrected chi connectivity index (χ4v) is 3.66. The molecule has 1 fully saturated rings. The van der Waals surface area contributed by atoms with Gasteiger partial charge in [0.15, 0.2) is 0 Å². The summed E-state index contributed by atoms with van der Waals surface area (Å²) in [5.74, 6) is -0.263. The third-order valence-electron chi connectivity index (χ3n) is 3.94. The Labute approximate surface area is 133 Å². The molecule has 0 N–H and O–H groups in total. The molecule has 3 rings (SSSR count). The molecule has 1 saturated heterocycles. The lowest BCUT2D eigenvalue weighted by molar-refractivity contribution is -0.150. The molecule has 0 bridgehead atoms. The zero-order chi connectivity index (χ0) is 15.4. The molecule has 116 valence electrons. The molecule has 22 heavy (non-hydrogen) atoms. The summed E-state index contributed by atoms with van der Waals surface area (Å²) in [4.78, 5) is 25.5. The first-order chi connectivity index (χ1) is 10.7. The number of likely N-dealkylation sites (tertiary alicyclic amines) is 1. The zero-order valence-corrected chi connectivity index (χ0v) is 13.2. The maximum atomic E-state index is 12.0. The molecule has 1 amide bonds. The molecular formula is C17H19NO3S. The van der Waals surface area contributed by atoms with Crippen LogP contribution in [0.5, 0.6) is 0 Å². The highest BCUT2D eigenvalue weighted by atomic mass is 32.1. The molecule has 4 nitrogen and oxygen atoms in total. The van der Waals surface area contributed by atoms with Crippen molar-refractivity contribution in [3.8, 4) is 0 Å². The normalized spacial score (nSPS) is 15.8. The standard InChI is InChI=1S/C17H19NO3S/c19-16-8-2-1-5-9-18(16)10-17(20)21-11-13-12-22-15-7-4-3-6-14(13)15/h3-4,6-7,12H,1-2,5,8-11H2. The van der Waals surface area contributed by atoms with Crippen LogP contribution in [0, 0.1) is 0 Å². The Kier molecular flexibility index (Phi) is 4.73. The average Bonchev–Trinajstić information content (AvgIpc) is 2.84. The topological polar surface area (TPSA) is 46.6 Å². The molecule has 0 atom stereocenters. The number of rotatable bonds is 4. The van der Waals surface area contributed by atoms with E-state index in [1.807, 2.05) is 23.6 Å². The van der Waals surface area contributed by atoms with E-state index in [0.29, 0.717) is 13.0 Å². The number of esters is 1. The smallest absolute Gasteiger partial charge is 0.325 e. The van der Waals surface area contributed by atoms with E-state index >= 15 is 0 Å². The van der Waals surface area contributed by atoms with E-state index in [1.165, 1.54) is 4.70 Å². The summed E-state index contributed by atoms with van der Waals surface area (Å²) >= 11 is 1.65. The number of amides is 1. The molecule has 0 spiro atoms. The Bertz CT molecular complexity index is 679. The van der Waals surface area contributed by atoms with E-state index in [9.17, 15) is 9.59 Å². The van der Waals surface area contributed by atoms with Gasteiger partial charge in [-0.1, -0.05) is 24.6 Å². The highest BCUT2D eigenvalue weighted by molar-refractivity contribution is 7.17. The molecule has 5 heteroatoms. The summed E-state index contributed by atoms with van der Waals surface area (Å²) < 4.78 is 6.55. The number of nitrogens with zero attached hydrogens (tertiary/aromatic N) is 1. The van der Waals surface area contributed by atoms with Crippen LogP contribution in [0.3, 0.4) is 0 Å². The van der Waals surface area contributed by atoms with Gasteiger partial charge in [0.1, 0.15) is 13.2 Å². The predicted molar refractivity (Wildman–Crippen MR) is 86.7 cm³/mol. The first kappa shape index (κ1) is 15.0. The molecule has 0 unspecified atom stereocenters. The minimum atomic E-state index is -0.328. The molecule has 1 aromatic heterocycles. The van der Waals surface area contributed by atoms with E-state index < -0.39 is 0 Å². The SMILES string of the molecule is O=C(CN1CCCCCC1=O)OCc1csc2ccccc12. The van der Waals surface area contributed by atoms with E-state index in [4.69, 9.17) is 4.74 Å². The van der Waals surface area contributed by atoms with Crippen molar-refractivity contribution in [2.24, 2.45) is 0 Å². The van der Waals surface area contributed by atoms with E-state index in [1.54, 1.807) is 16.2 Å². The Morgan fingerprint density at radius 2 is 2.09 bits per heavy atom. The Balaban J connectivity index is 1.57.